The zero-order valence-corrected chi connectivity index (χ0v) is 18.5. The van der Waals surface area contributed by atoms with Crippen LogP contribution >= 0.6 is 11.3 Å². The first-order chi connectivity index (χ1) is 15.5. The lowest BCUT2D eigenvalue weighted by Crippen LogP contribution is -2.31. The van der Waals surface area contributed by atoms with Crippen LogP contribution in [0.15, 0.2) is 71.6 Å². The Bertz CT molecular complexity index is 1200. The maximum atomic E-state index is 13.1. The zero-order valence-electron chi connectivity index (χ0n) is 17.7. The van der Waals surface area contributed by atoms with Gasteiger partial charge in [0, 0.05) is 23.4 Å². The second-order valence-electron chi connectivity index (χ2n) is 8.20. The summed E-state index contributed by atoms with van der Waals surface area (Å²) in [5.74, 6) is -0.545. The molecule has 2 aliphatic rings. The molecule has 1 saturated heterocycles. The molecule has 0 bridgehead atoms. The maximum absolute atomic E-state index is 13.1. The molecule has 5 nitrogen and oxygen atoms in total. The van der Waals surface area contributed by atoms with Crippen molar-refractivity contribution in [3.8, 4) is 5.75 Å². The van der Waals surface area contributed by atoms with Crippen LogP contribution in [0.4, 0.5) is 0 Å². The fraction of sp³-hybridized carbons (Fsp3) is 0.231. The molecule has 5 rings (SSSR count). The third kappa shape index (κ3) is 3.60. The Labute approximate surface area is 190 Å². The van der Waals surface area contributed by atoms with E-state index in [0.29, 0.717) is 18.5 Å². The van der Waals surface area contributed by atoms with Crippen molar-refractivity contribution in [2.75, 3.05) is 6.54 Å². The number of aliphatic hydroxyl groups is 1. The highest BCUT2D eigenvalue weighted by molar-refractivity contribution is 7.10. The van der Waals surface area contributed by atoms with E-state index in [1.807, 2.05) is 66.9 Å². The Morgan fingerprint density at radius 2 is 1.94 bits per heavy atom. The fourth-order valence-electron chi connectivity index (χ4n) is 4.47. The van der Waals surface area contributed by atoms with Crippen molar-refractivity contribution in [3.63, 3.8) is 0 Å². The molecule has 3 aromatic rings. The largest absolute Gasteiger partial charge is 0.507 e. The molecule has 1 aromatic heterocycles. The molecule has 3 heterocycles. The van der Waals surface area contributed by atoms with Gasteiger partial charge in [-0.2, -0.15) is 0 Å². The van der Waals surface area contributed by atoms with Crippen molar-refractivity contribution in [3.05, 3.63) is 93.2 Å². The number of thiophene rings is 1. The molecule has 6 heteroatoms. The van der Waals surface area contributed by atoms with Crippen molar-refractivity contribution in [2.45, 2.75) is 31.9 Å². The van der Waals surface area contributed by atoms with Gasteiger partial charge in [0.15, 0.2) is 0 Å². The highest BCUT2D eigenvalue weighted by atomic mass is 32.1. The third-order valence-electron chi connectivity index (χ3n) is 6.01. The second-order valence-corrected chi connectivity index (χ2v) is 9.18. The number of carbonyl (C=O) groups is 2. The number of likely N-dealkylation sites (tertiary alicyclic amines) is 1. The van der Waals surface area contributed by atoms with Crippen molar-refractivity contribution in [2.24, 2.45) is 0 Å². The van der Waals surface area contributed by atoms with Crippen molar-refractivity contribution >= 4 is 28.8 Å². The van der Waals surface area contributed by atoms with Gasteiger partial charge < -0.3 is 14.7 Å². The lowest BCUT2D eigenvalue weighted by molar-refractivity contribution is -0.139. The summed E-state index contributed by atoms with van der Waals surface area (Å²) < 4.78 is 5.75. The molecule has 0 unspecified atom stereocenters. The first kappa shape index (κ1) is 20.5. The van der Waals surface area contributed by atoms with Crippen LogP contribution in [0.2, 0.25) is 0 Å². The number of hydrogen-bond donors (Lipinski definition) is 1. The number of ether oxygens (including phenoxy) is 1. The summed E-state index contributed by atoms with van der Waals surface area (Å²) in [4.78, 5) is 28.6. The quantitative estimate of drug-likeness (QED) is 0.350. The number of benzene rings is 2. The van der Waals surface area contributed by atoms with Crippen LogP contribution in [-0.4, -0.2) is 34.3 Å². The van der Waals surface area contributed by atoms with E-state index in [1.165, 1.54) is 11.3 Å². The van der Waals surface area contributed by atoms with Crippen LogP contribution < -0.4 is 4.74 Å². The first-order valence-corrected chi connectivity index (χ1v) is 11.6. The van der Waals surface area contributed by atoms with Gasteiger partial charge in [0.25, 0.3) is 11.7 Å². The molecular formula is C26H23NO4S. The first-order valence-electron chi connectivity index (χ1n) is 10.7. The van der Waals surface area contributed by atoms with Crippen LogP contribution in [0, 0.1) is 0 Å². The summed E-state index contributed by atoms with van der Waals surface area (Å²) >= 11 is 1.48. The average molecular weight is 446 g/mol. The van der Waals surface area contributed by atoms with Gasteiger partial charge in [0.2, 0.25) is 0 Å². The Morgan fingerprint density at radius 1 is 1.12 bits per heavy atom. The topological polar surface area (TPSA) is 66.8 Å². The Kier molecular flexibility index (Phi) is 5.31. The number of rotatable bonds is 5. The van der Waals surface area contributed by atoms with E-state index < -0.39 is 17.7 Å². The Morgan fingerprint density at radius 3 is 2.69 bits per heavy atom. The van der Waals surface area contributed by atoms with Crippen LogP contribution in [0.1, 0.15) is 34.5 Å². The van der Waals surface area contributed by atoms with Gasteiger partial charge in [-0.3, -0.25) is 9.59 Å². The maximum Gasteiger partial charge on any atom is 0.295 e. The van der Waals surface area contributed by atoms with Crippen molar-refractivity contribution in [1.82, 2.24) is 4.90 Å². The summed E-state index contributed by atoms with van der Waals surface area (Å²) in [7, 11) is 0. The number of hydrogen-bond acceptors (Lipinski definition) is 5. The molecule has 1 N–H and O–H groups in total. The fourth-order valence-corrected chi connectivity index (χ4v) is 5.32. The van der Waals surface area contributed by atoms with E-state index in [-0.39, 0.29) is 17.4 Å². The average Bonchev–Trinajstić information content (AvgIpc) is 3.51. The summed E-state index contributed by atoms with van der Waals surface area (Å²) in [5.41, 5.74) is 2.76. The number of aliphatic hydroxyl groups excluding tert-OH is 1. The molecular weight excluding hydrogens is 422 g/mol. The lowest BCUT2D eigenvalue weighted by atomic mass is 9.98. The zero-order chi connectivity index (χ0) is 22.2. The van der Waals surface area contributed by atoms with Gasteiger partial charge >= 0.3 is 0 Å². The third-order valence-corrected chi connectivity index (χ3v) is 6.93. The minimum Gasteiger partial charge on any atom is -0.507 e. The summed E-state index contributed by atoms with van der Waals surface area (Å²) in [6.45, 7) is 2.39. The van der Waals surface area contributed by atoms with Crippen LogP contribution in [0.5, 0.6) is 5.75 Å². The van der Waals surface area contributed by atoms with E-state index in [2.05, 4.69) is 0 Å². The highest BCUT2D eigenvalue weighted by Gasteiger charge is 2.46. The van der Waals surface area contributed by atoms with Crippen LogP contribution in [-0.2, 0) is 22.4 Å². The smallest absolute Gasteiger partial charge is 0.295 e. The van der Waals surface area contributed by atoms with E-state index in [4.69, 9.17) is 4.74 Å². The molecule has 2 atom stereocenters. The van der Waals surface area contributed by atoms with Crippen LogP contribution in [0.3, 0.4) is 0 Å². The Balaban J connectivity index is 1.54. The predicted octanol–water partition coefficient (Wildman–Crippen LogP) is 4.74. The lowest BCUT2D eigenvalue weighted by Gasteiger charge is -2.24. The van der Waals surface area contributed by atoms with Crippen LogP contribution in [0.25, 0.3) is 5.76 Å². The van der Waals surface area contributed by atoms with Gasteiger partial charge in [-0.05, 0) is 54.1 Å². The Hall–Kier alpha value is -3.38. The van der Waals surface area contributed by atoms with E-state index in [0.717, 1.165) is 28.2 Å². The summed E-state index contributed by atoms with van der Waals surface area (Å²) in [5, 5.41) is 13.1. The number of nitrogens with zero attached hydrogens (tertiary/aromatic N) is 1. The van der Waals surface area contributed by atoms with Gasteiger partial charge in [-0.25, -0.2) is 0 Å². The molecule has 0 radical (unpaired) electrons. The molecule has 2 aliphatic heterocycles. The molecule has 2 aromatic carbocycles. The monoisotopic (exact) mass is 445 g/mol. The molecule has 1 amide bonds. The summed E-state index contributed by atoms with van der Waals surface area (Å²) in [6, 6.07) is 18.5. The number of Topliss-reactive ketones (excluding diaryl/α,β-unsaturated/α-hetero) is 1. The van der Waals surface area contributed by atoms with E-state index >= 15 is 0 Å². The van der Waals surface area contributed by atoms with E-state index in [9.17, 15) is 14.7 Å². The molecule has 32 heavy (non-hydrogen) atoms. The number of carbonyl (C=O) groups excluding carboxylic acids is 2. The predicted molar refractivity (Wildman–Crippen MR) is 124 cm³/mol. The summed E-state index contributed by atoms with van der Waals surface area (Å²) in [6.07, 6.45) is 1.46. The van der Waals surface area contributed by atoms with Crippen molar-refractivity contribution in [1.29, 1.82) is 0 Å². The standard InChI is InChI=1S/C26H23NO4S/c1-16-14-19-15-18(9-10-20(19)31-16)24(28)22-23(21-8-5-13-32-21)27(26(30)25(22)29)12-11-17-6-3-2-4-7-17/h2-10,13,15-16,23,28H,11-12,14H2,1H3/t16-,23-/m0/s1. The molecule has 0 spiro atoms. The molecule has 1 fully saturated rings. The molecule has 162 valence electrons. The number of ketones is 1. The van der Waals surface area contributed by atoms with Crippen molar-refractivity contribution < 1.29 is 19.4 Å². The minimum atomic E-state index is -0.640. The van der Waals surface area contributed by atoms with Gasteiger partial charge in [0.05, 0.1) is 11.6 Å². The van der Waals surface area contributed by atoms with E-state index in [1.54, 1.807) is 11.0 Å². The second kappa shape index (κ2) is 8.28. The SMILES string of the molecule is C[C@H]1Cc2cc(C(O)=C3C(=O)C(=O)N(CCc4ccccc4)[C@H]3c3cccs3)ccc2O1. The highest BCUT2D eigenvalue weighted by Crippen LogP contribution is 2.42. The minimum absolute atomic E-state index is 0.0806. The van der Waals surface area contributed by atoms with Gasteiger partial charge in [0.1, 0.15) is 17.6 Å². The normalized spacial score (nSPS) is 21.6. The molecule has 0 aliphatic carbocycles. The number of amides is 1. The van der Waals surface area contributed by atoms with Gasteiger partial charge in [-0.15, -0.1) is 11.3 Å². The number of fused-ring (bicyclic) bond motifs is 1. The van der Waals surface area contributed by atoms with Gasteiger partial charge in [-0.1, -0.05) is 36.4 Å². The molecule has 0 saturated carbocycles.